The highest BCUT2D eigenvalue weighted by atomic mass is 16.3. The van der Waals surface area contributed by atoms with E-state index in [2.05, 4.69) is 5.32 Å². The average Bonchev–Trinajstić information content (AvgIpc) is 2.55. The lowest BCUT2D eigenvalue weighted by Gasteiger charge is -2.24. The van der Waals surface area contributed by atoms with Gasteiger partial charge in [0.2, 0.25) is 5.91 Å². The lowest BCUT2D eigenvalue weighted by atomic mass is 10.0. The number of β-lactam (4-membered cyclic amide) rings is 1. The number of hydrogen-bond donors (Lipinski definition) is 1. The van der Waals surface area contributed by atoms with Crippen LogP contribution in [0.3, 0.4) is 0 Å². The van der Waals surface area contributed by atoms with Crippen molar-refractivity contribution in [1.29, 1.82) is 0 Å². The molecule has 1 atom stereocenters. The van der Waals surface area contributed by atoms with Gasteiger partial charge < -0.3 is 9.73 Å². The van der Waals surface area contributed by atoms with Gasteiger partial charge in [0.05, 0.1) is 12.5 Å². The van der Waals surface area contributed by atoms with Gasteiger partial charge in [0.1, 0.15) is 11.3 Å². The number of carbonyl (C=O) groups excluding carboxylic acids is 1. The normalized spacial score (nSPS) is 20.6. The molecule has 1 aliphatic rings. The van der Waals surface area contributed by atoms with Gasteiger partial charge in [-0.1, -0.05) is 18.2 Å². The van der Waals surface area contributed by atoms with Gasteiger partial charge in [-0.25, -0.2) is 0 Å². The third kappa shape index (κ3) is 1.02. The number of benzene rings is 1. The summed E-state index contributed by atoms with van der Waals surface area (Å²) >= 11 is 0. The molecule has 3 heteroatoms. The van der Waals surface area contributed by atoms with Gasteiger partial charge in [-0.2, -0.15) is 0 Å². The number of carbonyl (C=O) groups is 1. The van der Waals surface area contributed by atoms with Crippen LogP contribution < -0.4 is 5.32 Å². The quantitative estimate of drug-likeness (QED) is 0.694. The maximum Gasteiger partial charge on any atom is 0.223 e. The molecule has 1 N–H and O–H groups in total. The molecule has 1 amide bonds. The number of nitrogens with one attached hydrogen (secondary N) is 1. The SMILES string of the molecule is O=C1CC(c2cc3ccccc3o2)N1. The van der Waals surface area contributed by atoms with Gasteiger partial charge in [0.25, 0.3) is 0 Å². The second-order valence-corrected chi connectivity index (χ2v) is 3.51. The van der Waals surface area contributed by atoms with Crippen molar-refractivity contribution in [2.45, 2.75) is 12.5 Å². The molecule has 1 saturated heterocycles. The minimum absolute atomic E-state index is 0.0786. The molecule has 14 heavy (non-hydrogen) atoms. The molecule has 0 radical (unpaired) electrons. The Morgan fingerprint density at radius 1 is 1.36 bits per heavy atom. The van der Waals surface area contributed by atoms with Gasteiger partial charge >= 0.3 is 0 Å². The molecule has 0 saturated carbocycles. The molecule has 0 bridgehead atoms. The minimum Gasteiger partial charge on any atom is -0.459 e. The van der Waals surface area contributed by atoms with Crippen molar-refractivity contribution in [2.75, 3.05) is 0 Å². The highest BCUT2D eigenvalue weighted by Gasteiger charge is 2.29. The van der Waals surface area contributed by atoms with E-state index >= 15 is 0 Å². The predicted octanol–water partition coefficient (Wildman–Crippen LogP) is 1.99. The molecular weight excluding hydrogens is 178 g/mol. The fourth-order valence-corrected chi connectivity index (χ4v) is 1.70. The van der Waals surface area contributed by atoms with E-state index in [1.165, 1.54) is 0 Å². The molecule has 1 unspecified atom stereocenters. The van der Waals surface area contributed by atoms with Crippen molar-refractivity contribution >= 4 is 16.9 Å². The van der Waals surface area contributed by atoms with Gasteiger partial charge in [-0.3, -0.25) is 4.79 Å². The zero-order valence-electron chi connectivity index (χ0n) is 7.49. The zero-order valence-corrected chi connectivity index (χ0v) is 7.49. The lowest BCUT2D eigenvalue weighted by molar-refractivity contribution is -0.128. The molecule has 3 nitrogen and oxygen atoms in total. The van der Waals surface area contributed by atoms with E-state index in [1.807, 2.05) is 30.3 Å². The molecule has 0 aliphatic carbocycles. The predicted molar refractivity (Wildman–Crippen MR) is 51.7 cm³/mol. The maximum absolute atomic E-state index is 10.7. The van der Waals surface area contributed by atoms with Crippen LogP contribution in [0, 0.1) is 0 Å². The van der Waals surface area contributed by atoms with Crippen LogP contribution in [-0.4, -0.2) is 5.91 Å². The van der Waals surface area contributed by atoms with Crippen molar-refractivity contribution < 1.29 is 9.21 Å². The van der Waals surface area contributed by atoms with E-state index < -0.39 is 0 Å². The first kappa shape index (κ1) is 7.62. The molecule has 0 spiro atoms. The second kappa shape index (κ2) is 2.61. The van der Waals surface area contributed by atoms with Crippen LogP contribution >= 0.6 is 0 Å². The number of hydrogen-bond acceptors (Lipinski definition) is 2. The molecule has 2 aromatic rings. The van der Waals surface area contributed by atoms with Crippen LogP contribution in [0.15, 0.2) is 34.7 Å². The molecule has 1 aromatic carbocycles. The summed E-state index contributed by atoms with van der Waals surface area (Å²) in [6.45, 7) is 0. The summed E-state index contributed by atoms with van der Waals surface area (Å²) in [5, 5.41) is 3.87. The fourth-order valence-electron chi connectivity index (χ4n) is 1.70. The first-order valence-corrected chi connectivity index (χ1v) is 4.61. The van der Waals surface area contributed by atoms with Crippen LogP contribution in [0.25, 0.3) is 11.0 Å². The van der Waals surface area contributed by atoms with E-state index in [0.29, 0.717) is 6.42 Å². The summed E-state index contributed by atoms with van der Waals surface area (Å²) in [6, 6.07) is 9.91. The van der Waals surface area contributed by atoms with E-state index in [-0.39, 0.29) is 11.9 Å². The Morgan fingerprint density at radius 3 is 2.86 bits per heavy atom. The molecule has 1 aromatic heterocycles. The Morgan fingerprint density at radius 2 is 2.14 bits per heavy atom. The molecule has 1 fully saturated rings. The van der Waals surface area contributed by atoms with Crippen molar-refractivity contribution in [3.63, 3.8) is 0 Å². The largest absolute Gasteiger partial charge is 0.459 e. The standard InChI is InChI=1S/C11H9NO2/c13-11-6-8(12-11)10-5-7-3-1-2-4-9(7)14-10/h1-5,8H,6H2,(H,12,13). The smallest absolute Gasteiger partial charge is 0.223 e. The summed E-state index contributed by atoms with van der Waals surface area (Å²) in [7, 11) is 0. The molecule has 3 rings (SSSR count). The third-order valence-corrected chi connectivity index (χ3v) is 2.51. The van der Waals surface area contributed by atoms with Crippen molar-refractivity contribution in [1.82, 2.24) is 5.32 Å². The van der Waals surface area contributed by atoms with Gasteiger partial charge in [-0.05, 0) is 12.1 Å². The number of amides is 1. The van der Waals surface area contributed by atoms with Crippen LogP contribution in [0.5, 0.6) is 0 Å². The van der Waals surface area contributed by atoms with Crippen molar-refractivity contribution in [3.05, 3.63) is 36.1 Å². The van der Waals surface area contributed by atoms with E-state index in [0.717, 1.165) is 16.7 Å². The first-order valence-electron chi connectivity index (χ1n) is 4.61. The maximum atomic E-state index is 10.7. The van der Waals surface area contributed by atoms with E-state index in [1.54, 1.807) is 0 Å². The first-order chi connectivity index (χ1) is 6.83. The number of fused-ring (bicyclic) bond motifs is 1. The Labute approximate surface area is 80.7 Å². The van der Waals surface area contributed by atoms with Gasteiger partial charge in [0.15, 0.2) is 0 Å². The monoisotopic (exact) mass is 187 g/mol. The fraction of sp³-hybridized carbons (Fsp3) is 0.182. The van der Waals surface area contributed by atoms with Crippen molar-refractivity contribution in [3.8, 4) is 0 Å². The second-order valence-electron chi connectivity index (χ2n) is 3.51. The van der Waals surface area contributed by atoms with Crippen LogP contribution in [0.4, 0.5) is 0 Å². The highest BCUT2D eigenvalue weighted by molar-refractivity contribution is 5.84. The molecule has 70 valence electrons. The minimum atomic E-state index is 0.0786. The van der Waals surface area contributed by atoms with Crippen LogP contribution in [0.2, 0.25) is 0 Å². The Hall–Kier alpha value is -1.77. The summed E-state index contributed by atoms with van der Waals surface area (Å²) in [6.07, 6.45) is 0.541. The van der Waals surface area contributed by atoms with Crippen LogP contribution in [-0.2, 0) is 4.79 Å². The van der Waals surface area contributed by atoms with Crippen LogP contribution in [0.1, 0.15) is 18.2 Å². The molecular formula is C11H9NO2. The Balaban J connectivity index is 2.02. The molecule has 2 heterocycles. The van der Waals surface area contributed by atoms with Gasteiger partial charge in [0, 0.05) is 5.39 Å². The summed E-state index contributed by atoms with van der Waals surface area (Å²) in [5.41, 5.74) is 0.878. The van der Waals surface area contributed by atoms with Gasteiger partial charge in [-0.15, -0.1) is 0 Å². The average molecular weight is 187 g/mol. The Kier molecular flexibility index (Phi) is 1.42. The lowest BCUT2D eigenvalue weighted by Crippen LogP contribution is -2.41. The van der Waals surface area contributed by atoms with E-state index in [9.17, 15) is 4.79 Å². The summed E-state index contributed by atoms with van der Waals surface area (Å²) < 4.78 is 5.61. The molecule has 1 aliphatic heterocycles. The summed E-state index contributed by atoms with van der Waals surface area (Å²) in [4.78, 5) is 10.7. The highest BCUT2D eigenvalue weighted by Crippen LogP contribution is 2.29. The van der Waals surface area contributed by atoms with Crippen molar-refractivity contribution in [2.24, 2.45) is 0 Å². The van der Waals surface area contributed by atoms with E-state index in [4.69, 9.17) is 4.42 Å². The third-order valence-electron chi connectivity index (χ3n) is 2.51. The zero-order chi connectivity index (χ0) is 9.54. The topological polar surface area (TPSA) is 42.2 Å². The number of furan rings is 1. The summed E-state index contributed by atoms with van der Waals surface area (Å²) in [5.74, 6) is 0.946. The Bertz CT molecular complexity index is 460. The number of para-hydroxylation sites is 1. The number of rotatable bonds is 1.